The summed E-state index contributed by atoms with van der Waals surface area (Å²) in [6.45, 7) is 0. The highest BCUT2D eigenvalue weighted by molar-refractivity contribution is 5.93. The first-order valence-electron chi connectivity index (χ1n) is 3.76. The van der Waals surface area contributed by atoms with Crippen molar-refractivity contribution < 1.29 is 4.79 Å². The highest BCUT2D eigenvalue weighted by Crippen LogP contribution is 2.27. The maximum absolute atomic E-state index is 10.6. The molecule has 0 amide bonds. The summed E-state index contributed by atoms with van der Waals surface area (Å²) >= 11 is 0. The molecule has 0 atom stereocenters. The van der Waals surface area contributed by atoms with Crippen molar-refractivity contribution in [2.75, 3.05) is 0 Å². The first-order valence-corrected chi connectivity index (χ1v) is 3.76. The third-order valence-corrected chi connectivity index (χ3v) is 2.07. The Bertz CT molecular complexity index is 163. The summed E-state index contributed by atoms with van der Waals surface area (Å²) in [6.07, 6.45) is 5.27. The number of nitrogens with zero attached hydrogens (tertiary/aromatic N) is 1. The number of nitriles is 1. The van der Waals surface area contributed by atoms with Gasteiger partial charge in [0.05, 0.1) is 0 Å². The van der Waals surface area contributed by atoms with Crippen LogP contribution in [0.4, 0.5) is 0 Å². The Morgan fingerprint density at radius 2 is 2.10 bits per heavy atom. The molecule has 0 saturated heterocycles. The van der Waals surface area contributed by atoms with E-state index in [9.17, 15) is 4.79 Å². The van der Waals surface area contributed by atoms with E-state index >= 15 is 0 Å². The molecule has 1 saturated carbocycles. The molecule has 54 valence electrons. The van der Waals surface area contributed by atoms with Gasteiger partial charge in [0.2, 0.25) is 5.78 Å². The second-order valence-corrected chi connectivity index (χ2v) is 2.89. The van der Waals surface area contributed by atoms with Gasteiger partial charge in [0.1, 0.15) is 6.07 Å². The predicted octanol–water partition coefficient (Wildman–Crippen LogP) is 1.66. The fourth-order valence-corrected chi connectivity index (χ4v) is 1.52. The molecule has 10 heavy (non-hydrogen) atoms. The van der Waals surface area contributed by atoms with Gasteiger partial charge in [-0.15, -0.1) is 0 Å². The summed E-state index contributed by atoms with van der Waals surface area (Å²) in [4.78, 5) is 10.6. The van der Waals surface area contributed by atoms with Crippen LogP contribution in [0.2, 0.25) is 0 Å². The van der Waals surface area contributed by atoms with E-state index in [4.69, 9.17) is 5.26 Å². The molecule has 2 heteroatoms. The van der Waals surface area contributed by atoms with Crippen LogP contribution in [0, 0.1) is 17.2 Å². The number of ketones is 1. The van der Waals surface area contributed by atoms with Gasteiger partial charge in [-0.2, -0.15) is 5.26 Å². The Morgan fingerprint density at radius 1 is 1.50 bits per heavy atom. The SMILES string of the molecule is N#CC(=O)CC1CCCC1. The molecule has 1 fully saturated rings. The van der Waals surface area contributed by atoms with Gasteiger partial charge in [0, 0.05) is 6.42 Å². The van der Waals surface area contributed by atoms with Gasteiger partial charge in [-0.1, -0.05) is 12.8 Å². The first kappa shape index (κ1) is 7.27. The maximum atomic E-state index is 10.6. The van der Waals surface area contributed by atoms with Gasteiger partial charge < -0.3 is 0 Å². The van der Waals surface area contributed by atoms with E-state index in [1.807, 2.05) is 0 Å². The first-order chi connectivity index (χ1) is 4.83. The molecule has 0 heterocycles. The summed E-state index contributed by atoms with van der Waals surface area (Å²) in [6, 6.07) is 1.65. The fraction of sp³-hybridized carbons (Fsp3) is 0.750. The topological polar surface area (TPSA) is 40.9 Å². The van der Waals surface area contributed by atoms with Gasteiger partial charge in [-0.05, 0) is 18.8 Å². The molecule has 0 aromatic carbocycles. The Hall–Kier alpha value is -0.840. The van der Waals surface area contributed by atoms with Gasteiger partial charge in [0.15, 0.2) is 0 Å². The highest BCUT2D eigenvalue weighted by atomic mass is 16.1. The molecular formula is C8H11NO. The Kier molecular flexibility index (Phi) is 2.44. The maximum Gasteiger partial charge on any atom is 0.232 e. The summed E-state index contributed by atoms with van der Waals surface area (Å²) < 4.78 is 0. The van der Waals surface area contributed by atoms with Gasteiger partial charge in [0.25, 0.3) is 0 Å². The quantitative estimate of drug-likeness (QED) is 0.543. The zero-order valence-corrected chi connectivity index (χ0v) is 5.97. The van der Waals surface area contributed by atoms with E-state index < -0.39 is 0 Å². The summed E-state index contributed by atoms with van der Waals surface area (Å²) in [5.74, 6) is 0.277. The van der Waals surface area contributed by atoms with E-state index in [0.29, 0.717) is 12.3 Å². The minimum absolute atomic E-state index is 0.244. The van der Waals surface area contributed by atoms with Crippen LogP contribution in [0.25, 0.3) is 0 Å². The lowest BCUT2D eigenvalue weighted by Gasteiger charge is -2.01. The second kappa shape index (κ2) is 3.36. The predicted molar refractivity (Wildman–Crippen MR) is 37.2 cm³/mol. The van der Waals surface area contributed by atoms with Crippen LogP contribution in [0.1, 0.15) is 32.1 Å². The van der Waals surface area contributed by atoms with Gasteiger partial charge in [-0.25, -0.2) is 0 Å². The van der Waals surface area contributed by atoms with E-state index in [2.05, 4.69) is 0 Å². The summed E-state index contributed by atoms with van der Waals surface area (Å²) in [5, 5.41) is 8.20. The minimum Gasteiger partial charge on any atom is -0.283 e. The van der Waals surface area contributed by atoms with E-state index in [1.165, 1.54) is 12.8 Å². The second-order valence-electron chi connectivity index (χ2n) is 2.89. The lowest BCUT2D eigenvalue weighted by atomic mass is 10.0. The number of carbonyl (C=O) groups is 1. The van der Waals surface area contributed by atoms with Crippen LogP contribution in [0.3, 0.4) is 0 Å². The molecule has 1 aliphatic rings. The molecule has 0 spiro atoms. The number of hydrogen-bond acceptors (Lipinski definition) is 2. The van der Waals surface area contributed by atoms with Crippen molar-refractivity contribution in [1.82, 2.24) is 0 Å². The molecule has 0 aromatic rings. The summed E-state index contributed by atoms with van der Waals surface area (Å²) in [7, 11) is 0. The third kappa shape index (κ3) is 1.84. The van der Waals surface area contributed by atoms with Crippen molar-refractivity contribution >= 4 is 5.78 Å². The van der Waals surface area contributed by atoms with Gasteiger partial charge >= 0.3 is 0 Å². The smallest absolute Gasteiger partial charge is 0.232 e. The van der Waals surface area contributed by atoms with Crippen LogP contribution < -0.4 is 0 Å². The molecule has 0 bridgehead atoms. The highest BCUT2D eigenvalue weighted by Gasteiger charge is 2.17. The van der Waals surface area contributed by atoms with Crippen LogP contribution in [-0.2, 0) is 4.79 Å². The molecular weight excluding hydrogens is 126 g/mol. The number of Topliss-reactive ketones (excluding diaryl/α,β-unsaturated/α-hetero) is 1. The van der Waals surface area contributed by atoms with E-state index in [-0.39, 0.29) is 5.78 Å². The Morgan fingerprint density at radius 3 is 2.60 bits per heavy atom. The van der Waals surface area contributed by atoms with Crippen molar-refractivity contribution in [3.8, 4) is 6.07 Å². The lowest BCUT2D eigenvalue weighted by molar-refractivity contribution is -0.114. The normalized spacial score (nSPS) is 18.7. The van der Waals surface area contributed by atoms with Gasteiger partial charge in [-0.3, -0.25) is 4.79 Å². The summed E-state index contributed by atoms with van der Waals surface area (Å²) in [5.41, 5.74) is 0. The standard InChI is InChI=1S/C8H11NO/c9-6-8(10)5-7-3-1-2-4-7/h7H,1-5H2. The van der Waals surface area contributed by atoms with Crippen LogP contribution in [-0.4, -0.2) is 5.78 Å². The van der Waals surface area contributed by atoms with Crippen molar-refractivity contribution in [1.29, 1.82) is 5.26 Å². The molecule has 2 nitrogen and oxygen atoms in total. The van der Waals surface area contributed by atoms with Crippen molar-refractivity contribution in [2.45, 2.75) is 32.1 Å². The molecule has 0 N–H and O–H groups in total. The number of rotatable bonds is 2. The van der Waals surface area contributed by atoms with Crippen molar-refractivity contribution in [3.05, 3.63) is 0 Å². The molecule has 0 radical (unpaired) electrons. The molecule has 1 rings (SSSR count). The monoisotopic (exact) mass is 137 g/mol. The Labute approximate surface area is 60.8 Å². The third-order valence-electron chi connectivity index (χ3n) is 2.07. The number of carbonyl (C=O) groups excluding carboxylic acids is 1. The Balaban J connectivity index is 2.25. The van der Waals surface area contributed by atoms with Crippen LogP contribution >= 0.6 is 0 Å². The van der Waals surface area contributed by atoms with E-state index in [1.54, 1.807) is 6.07 Å². The zero-order valence-electron chi connectivity index (χ0n) is 5.97. The average molecular weight is 137 g/mol. The fourth-order valence-electron chi connectivity index (χ4n) is 1.52. The van der Waals surface area contributed by atoms with Crippen LogP contribution in [0.5, 0.6) is 0 Å². The molecule has 0 unspecified atom stereocenters. The number of hydrogen-bond donors (Lipinski definition) is 0. The van der Waals surface area contributed by atoms with Crippen molar-refractivity contribution in [3.63, 3.8) is 0 Å². The van der Waals surface area contributed by atoms with E-state index in [0.717, 1.165) is 12.8 Å². The average Bonchev–Trinajstić information content (AvgIpc) is 2.40. The van der Waals surface area contributed by atoms with Crippen molar-refractivity contribution in [2.24, 2.45) is 5.92 Å². The molecule has 0 aromatic heterocycles. The minimum atomic E-state index is -0.244. The zero-order chi connectivity index (χ0) is 7.40. The lowest BCUT2D eigenvalue weighted by Crippen LogP contribution is -2.01. The molecule has 1 aliphatic carbocycles. The molecule has 0 aliphatic heterocycles. The largest absolute Gasteiger partial charge is 0.283 e. The van der Waals surface area contributed by atoms with Crippen LogP contribution in [0.15, 0.2) is 0 Å².